The highest BCUT2D eigenvalue weighted by Crippen LogP contribution is 2.33. The van der Waals surface area contributed by atoms with E-state index in [-0.39, 0.29) is 82.5 Å². The van der Waals surface area contributed by atoms with Gasteiger partial charge in [0.25, 0.3) is 5.91 Å². The Labute approximate surface area is 442 Å². The minimum Gasteiger partial charge on any atom is -0.391 e. The van der Waals surface area contributed by atoms with E-state index in [4.69, 9.17) is 19.4 Å². The van der Waals surface area contributed by atoms with Crippen LogP contribution in [0.25, 0.3) is 22.0 Å². The zero-order valence-electron chi connectivity index (χ0n) is 44.2. The molecule has 4 aromatic heterocycles. The number of pyridine rings is 2. The lowest BCUT2D eigenvalue weighted by molar-refractivity contribution is -0.144. The second-order valence-corrected chi connectivity index (χ2v) is 20.9. The van der Waals surface area contributed by atoms with Gasteiger partial charge in [0.2, 0.25) is 23.6 Å². The van der Waals surface area contributed by atoms with Crippen LogP contribution in [0.3, 0.4) is 0 Å². The molecule has 0 radical (unpaired) electrons. The van der Waals surface area contributed by atoms with E-state index in [9.17, 15) is 29.1 Å². The Bertz CT molecular complexity index is 2780. The number of β-amino-alcohol motifs (C(OH)–C–C–N with tert-alkyl or cyclic N) is 1. The van der Waals surface area contributed by atoms with Crippen molar-refractivity contribution in [1.82, 2.24) is 55.9 Å². The number of amides is 5. The number of aromatic nitrogens is 6. The van der Waals surface area contributed by atoms with E-state index in [0.29, 0.717) is 61.4 Å². The number of hydrogen-bond donors (Lipinski definition) is 5. The van der Waals surface area contributed by atoms with Gasteiger partial charge in [-0.15, -0.1) is 21.5 Å². The molecule has 7 rings (SSSR count). The van der Waals surface area contributed by atoms with Gasteiger partial charge >= 0.3 is 0 Å². The summed E-state index contributed by atoms with van der Waals surface area (Å²) in [6.45, 7) is 16.7. The Kier molecular flexibility index (Phi) is 19.2. The molecule has 1 saturated heterocycles. The molecule has 75 heavy (non-hydrogen) atoms. The number of rotatable bonds is 25. The highest BCUT2D eigenvalue weighted by molar-refractivity contribution is 7.13. The van der Waals surface area contributed by atoms with Crippen LogP contribution >= 0.6 is 11.3 Å². The van der Waals surface area contributed by atoms with E-state index in [1.807, 2.05) is 105 Å². The predicted octanol–water partition coefficient (Wildman–Crippen LogP) is 4.02. The molecule has 2 aliphatic rings. The van der Waals surface area contributed by atoms with E-state index < -0.39 is 35.4 Å². The number of fused-ring (bicyclic) bond motifs is 1. The molecule has 0 bridgehead atoms. The number of nitrogens with zero attached hydrogens (tertiary/aromatic N) is 9. The number of hydrogen-bond acceptors (Lipinski definition) is 16. The van der Waals surface area contributed by atoms with Crippen LogP contribution in [0.4, 0.5) is 11.6 Å². The summed E-state index contributed by atoms with van der Waals surface area (Å²) in [5, 5.41) is 30.9. The van der Waals surface area contributed by atoms with Crippen LogP contribution in [-0.4, -0.2) is 147 Å². The first-order valence-corrected chi connectivity index (χ1v) is 26.4. The minimum atomic E-state index is -0.960. The number of benzene rings is 1. The van der Waals surface area contributed by atoms with Gasteiger partial charge in [-0.25, -0.2) is 15.0 Å². The molecule has 1 aromatic carbocycles. The maximum absolute atomic E-state index is 14.0. The second kappa shape index (κ2) is 25.7. The monoisotopic (exact) mass is 1050 g/mol. The molecule has 0 spiro atoms. The van der Waals surface area contributed by atoms with Gasteiger partial charge in [-0.3, -0.25) is 28.9 Å². The highest BCUT2D eigenvalue weighted by atomic mass is 32.1. The Hall–Kier alpha value is -6.72. The van der Waals surface area contributed by atoms with Crippen LogP contribution < -0.4 is 31.1 Å². The predicted molar refractivity (Wildman–Crippen MR) is 284 cm³/mol. The molecular formula is C53H71N13O8S. The van der Waals surface area contributed by atoms with Gasteiger partial charge < -0.3 is 50.2 Å². The van der Waals surface area contributed by atoms with Gasteiger partial charge in [0.1, 0.15) is 35.7 Å². The third-order valence-electron chi connectivity index (χ3n) is 13.3. The van der Waals surface area contributed by atoms with E-state index in [1.165, 1.54) is 4.90 Å². The van der Waals surface area contributed by atoms with Crippen molar-refractivity contribution in [1.29, 1.82) is 0 Å². The zero-order valence-corrected chi connectivity index (χ0v) is 45.0. The molecule has 21 nitrogen and oxygen atoms in total. The maximum Gasteiger partial charge on any atom is 0.260 e. The van der Waals surface area contributed by atoms with Crippen molar-refractivity contribution < 1.29 is 38.6 Å². The van der Waals surface area contributed by atoms with Gasteiger partial charge in [0.15, 0.2) is 5.82 Å². The number of carbonyl (C=O) groups is 5. The Morgan fingerprint density at radius 2 is 1.68 bits per heavy atom. The second-order valence-electron chi connectivity index (χ2n) is 20.1. The number of ether oxygens (including phenoxy) is 2. The molecule has 6 heterocycles. The summed E-state index contributed by atoms with van der Waals surface area (Å²) in [6, 6.07) is 13.5. The summed E-state index contributed by atoms with van der Waals surface area (Å²) in [5.74, 6) is 0.268. The zero-order chi connectivity index (χ0) is 53.8. The molecule has 402 valence electrons. The third kappa shape index (κ3) is 14.4. The highest BCUT2D eigenvalue weighted by Gasteiger charge is 2.44. The molecular weight excluding hydrogens is 979 g/mol. The lowest BCUT2D eigenvalue weighted by atomic mass is 9.85. The fraction of sp³-hybridized carbons (Fsp3) is 0.509. The van der Waals surface area contributed by atoms with Crippen LogP contribution in [0.1, 0.15) is 93.7 Å². The molecule has 0 saturated carbocycles. The summed E-state index contributed by atoms with van der Waals surface area (Å²) in [7, 11) is 1.95. The quantitative estimate of drug-likeness (QED) is 0.0518. The largest absolute Gasteiger partial charge is 0.391 e. The van der Waals surface area contributed by atoms with Crippen LogP contribution in [0, 0.1) is 12.3 Å². The molecule has 0 unspecified atom stereocenters. The number of carbonyl (C=O) groups excluding carboxylic acids is 5. The number of aryl methyl sites for hydroxylation is 2. The summed E-state index contributed by atoms with van der Waals surface area (Å²) in [5.41, 5.74) is 6.75. The van der Waals surface area contributed by atoms with E-state index in [0.717, 1.165) is 33.0 Å². The van der Waals surface area contributed by atoms with Gasteiger partial charge in [-0.05, 0) is 62.4 Å². The van der Waals surface area contributed by atoms with E-state index in [1.54, 1.807) is 22.6 Å². The summed E-state index contributed by atoms with van der Waals surface area (Å²) >= 11 is 1.57. The van der Waals surface area contributed by atoms with Crippen LogP contribution in [0.15, 0.2) is 60.4 Å². The standard InChI is InChI=1S/C53H71N13O8S/c1-9-64-31-58-62-49(64)40-11-10-12-43(59-40)66-30-39-38(51(66)71)26-44(63(8)33(2)3)60-41(39)28-54-19-20-55-45(68)17-21-73-23-24-74-22-18-46(69)61-48(53(5,6)7)52(72)65-29-37(67)25-42(65)50(70)56-27-35-13-15-36(16-14-35)47-34(4)57-32-75-47/h10-16,26,31-33,37,42,48,54,67H,9,17-25,27-30H2,1-8H3,(H,55,68)(H,56,70)(H,61,69)/t37-,42+,48-/m1/s1. The number of thiazole rings is 1. The van der Waals surface area contributed by atoms with Gasteiger partial charge in [0.05, 0.1) is 66.4 Å². The van der Waals surface area contributed by atoms with Crippen molar-refractivity contribution in [3.8, 4) is 22.0 Å². The number of aliphatic hydroxyl groups is 1. The third-order valence-corrected chi connectivity index (χ3v) is 14.2. The average Bonchev–Trinajstić information content (AvgIpc) is 4.21. The number of anilines is 2. The minimum absolute atomic E-state index is 0.0167. The summed E-state index contributed by atoms with van der Waals surface area (Å²) in [6.07, 6.45) is 0.989. The van der Waals surface area contributed by atoms with Crippen LogP contribution in [0.2, 0.25) is 0 Å². The first kappa shape index (κ1) is 56.0. The van der Waals surface area contributed by atoms with Gasteiger partial charge in [0, 0.05) is 77.2 Å². The fourth-order valence-corrected chi connectivity index (χ4v) is 9.57. The maximum atomic E-state index is 14.0. The van der Waals surface area contributed by atoms with E-state index in [2.05, 4.69) is 50.3 Å². The van der Waals surface area contributed by atoms with Gasteiger partial charge in [-0.2, -0.15) is 0 Å². The normalized spacial score (nSPS) is 15.8. The molecule has 5 aromatic rings. The topological polar surface area (TPSA) is 251 Å². The number of aliphatic hydroxyl groups excluding tert-OH is 1. The molecule has 5 amide bonds. The average molecular weight is 1050 g/mol. The SMILES string of the molecule is CCn1cnnc1-c1cccc(N2Cc3c(cc(N(C)C(C)C)nc3CNCCNC(=O)CCOCCOCCC(=O)N[C@H](C(=O)N3C[C@H](O)C[C@H]3C(=O)NCc3ccc(-c4scnc4C)cc3)C(C)(C)C)C2=O)n1. The van der Waals surface area contributed by atoms with Gasteiger partial charge in [-0.1, -0.05) is 51.1 Å². The molecule has 1 fully saturated rings. The Morgan fingerprint density at radius 1 is 0.947 bits per heavy atom. The molecule has 3 atom stereocenters. The van der Waals surface area contributed by atoms with Crippen molar-refractivity contribution in [2.24, 2.45) is 5.41 Å². The van der Waals surface area contributed by atoms with Crippen LogP contribution in [-0.2, 0) is 54.8 Å². The Balaban J connectivity index is 0.787. The van der Waals surface area contributed by atoms with E-state index >= 15 is 0 Å². The molecule has 22 heteroatoms. The number of nitrogens with one attached hydrogen (secondary N) is 4. The first-order chi connectivity index (χ1) is 35.9. The summed E-state index contributed by atoms with van der Waals surface area (Å²) in [4.78, 5) is 87.4. The smallest absolute Gasteiger partial charge is 0.260 e. The van der Waals surface area contributed by atoms with Crippen molar-refractivity contribution in [3.05, 3.63) is 88.4 Å². The molecule has 2 aliphatic heterocycles. The first-order valence-electron chi connectivity index (χ1n) is 25.5. The lowest BCUT2D eigenvalue weighted by Gasteiger charge is -2.35. The lowest BCUT2D eigenvalue weighted by Crippen LogP contribution is -2.57. The molecule has 5 N–H and O–H groups in total. The van der Waals surface area contributed by atoms with Crippen molar-refractivity contribution in [2.45, 2.75) is 118 Å². The fourth-order valence-electron chi connectivity index (χ4n) is 8.76. The number of likely N-dealkylation sites (tertiary alicyclic amines) is 1. The Morgan fingerprint density at radius 3 is 2.36 bits per heavy atom. The van der Waals surface area contributed by atoms with Crippen LogP contribution in [0.5, 0.6) is 0 Å². The van der Waals surface area contributed by atoms with Crippen molar-refractivity contribution in [3.63, 3.8) is 0 Å². The molecule has 0 aliphatic carbocycles. The summed E-state index contributed by atoms with van der Waals surface area (Å²) < 4.78 is 13.1. The van der Waals surface area contributed by atoms with Crippen molar-refractivity contribution in [2.75, 3.05) is 62.9 Å². The van der Waals surface area contributed by atoms with Crippen molar-refractivity contribution >= 4 is 52.5 Å².